The number of hydrogen-bond donors (Lipinski definition) is 1. The zero-order valence-corrected chi connectivity index (χ0v) is 13.5. The van der Waals surface area contributed by atoms with E-state index < -0.39 is 0 Å². The number of aryl methyl sites for hydroxylation is 3. The second-order valence-corrected chi connectivity index (χ2v) is 5.78. The van der Waals surface area contributed by atoms with Gasteiger partial charge in [-0.1, -0.05) is 26.0 Å². The minimum absolute atomic E-state index is 0.195. The number of hydrogen-bond acceptors (Lipinski definition) is 3. The first-order chi connectivity index (χ1) is 9.36. The lowest BCUT2D eigenvalue weighted by Crippen LogP contribution is -2.33. The molecular weight excluding hydrogens is 250 g/mol. The second-order valence-electron chi connectivity index (χ2n) is 5.78. The molecule has 0 aliphatic rings. The van der Waals surface area contributed by atoms with Gasteiger partial charge in [0.05, 0.1) is 6.61 Å². The molecule has 0 radical (unpaired) electrons. The highest BCUT2D eigenvalue weighted by atomic mass is 16.5. The molecule has 3 nitrogen and oxygen atoms in total. The molecule has 1 aromatic carbocycles. The second kappa shape index (κ2) is 7.44. The summed E-state index contributed by atoms with van der Waals surface area (Å²) in [7, 11) is 0. The summed E-state index contributed by atoms with van der Waals surface area (Å²) in [6.45, 7) is 13.5. The Morgan fingerprint density at radius 3 is 2.30 bits per heavy atom. The summed E-state index contributed by atoms with van der Waals surface area (Å²) in [5.74, 6) is 0.290. The molecule has 0 bridgehead atoms. The Kier molecular flexibility index (Phi) is 6.21. The summed E-state index contributed by atoms with van der Waals surface area (Å²) >= 11 is 0. The van der Waals surface area contributed by atoms with Crippen molar-refractivity contribution in [2.24, 2.45) is 5.92 Å². The molecule has 0 aromatic heterocycles. The highest BCUT2D eigenvalue weighted by molar-refractivity contribution is 5.78. The molecule has 3 heteroatoms. The maximum absolute atomic E-state index is 12.2. The molecule has 1 N–H and O–H groups in total. The Balaban J connectivity index is 3.09. The molecule has 0 saturated carbocycles. The third-order valence-electron chi connectivity index (χ3n) is 3.45. The summed E-state index contributed by atoms with van der Waals surface area (Å²) in [4.78, 5) is 12.2. The fourth-order valence-corrected chi connectivity index (χ4v) is 2.19. The van der Waals surface area contributed by atoms with E-state index in [4.69, 9.17) is 4.74 Å². The van der Waals surface area contributed by atoms with Crippen molar-refractivity contribution in [3.63, 3.8) is 0 Å². The zero-order chi connectivity index (χ0) is 15.3. The van der Waals surface area contributed by atoms with Gasteiger partial charge in [-0.2, -0.15) is 0 Å². The summed E-state index contributed by atoms with van der Waals surface area (Å²) < 4.78 is 5.21. The fourth-order valence-electron chi connectivity index (χ4n) is 2.19. The van der Waals surface area contributed by atoms with E-state index in [1.54, 1.807) is 0 Å². The molecule has 1 aromatic rings. The molecule has 0 aliphatic heterocycles. The summed E-state index contributed by atoms with van der Waals surface area (Å²) in [5, 5.41) is 3.33. The van der Waals surface area contributed by atoms with Crippen LogP contribution in [-0.4, -0.2) is 19.1 Å². The summed E-state index contributed by atoms with van der Waals surface area (Å²) in [5.41, 5.74) is 4.60. The maximum atomic E-state index is 12.2. The van der Waals surface area contributed by atoms with E-state index in [0.29, 0.717) is 12.5 Å². The van der Waals surface area contributed by atoms with Gasteiger partial charge in [0.2, 0.25) is 0 Å². The van der Waals surface area contributed by atoms with Crippen LogP contribution in [0.4, 0.5) is 0 Å². The number of nitrogens with one attached hydrogen (secondary N) is 1. The van der Waals surface area contributed by atoms with Crippen LogP contribution in [0.1, 0.15) is 49.1 Å². The van der Waals surface area contributed by atoms with Crippen molar-refractivity contribution in [1.29, 1.82) is 0 Å². The first kappa shape index (κ1) is 16.7. The summed E-state index contributed by atoms with van der Waals surface area (Å²) in [6.07, 6.45) is 0. The molecule has 1 unspecified atom stereocenters. The van der Waals surface area contributed by atoms with E-state index in [1.165, 1.54) is 11.1 Å². The Morgan fingerprint density at radius 2 is 1.75 bits per heavy atom. The Hall–Kier alpha value is -1.35. The lowest BCUT2D eigenvalue weighted by Gasteiger charge is -2.21. The van der Waals surface area contributed by atoms with Gasteiger partial charge in [-0.3, -0.25) is 0 Å². The normalized spacial score (nSPS) is 12.6. The van der Waals surface area contributed by atoms with E-state index in [9.17, 15) is 4.79 Å². The number of rotatable bonds is 6. The van der Waals surface area contributed by atoms with Crippen molar-refractivity contribution in [3.05, 3.63) is 34.4 Å². The minimum atomic E-state index is -0.378. The fraction of sp³-hybridized carbons (Fsp3) is 0.588. The van der Waals surface area contributed by atoms with Gasteiger partial charge in [0, 0.05) is 0 Å². The monoisotopic (exact) mass is 277 g/mol. The molecule has 0 amide bonds. The van der Waals surface area contributed by atoms with Crippen molar-refractivity contribution >= 4 is 5.97 Å². The van der Waals surface area contributed by atoms with Gasteiger partial charge in [-0.15, -0.1) is 0 Å². The third-order valence-corrected chi connectivity index (χ3v) is 3.45. The van der Waals surface area contributed by atoms with E-state index in [2.05, 4.69) is 45.1 Å². The van der Waals surface area contributed by atoms with Crippen LogP contribution in [0, 0.1) is 26.7 Å². The van der Waals surface area contributed by atoms with Crippen LogP contribution in [0.25, 0.3) is 0 Å². The Labute approximate surface area is 122 Å². The molecular formula is C17H27NO2. The first-order valence-corrected chi connectivity index (χ1v) is 7.34. The smallest absolute Gasteiger partial charge is 0.327 e. The molecule has 20 heavy (non-hydrogen) atoms. The van der Waals surface area contributed by atoms with E-state index in [0.717, 1.165) is 17.7 Å². The highest BCUT2D eigenvalue weighted by Gasteiger charge is 2.23. The molecule has 0 aliphatic carbocycles. The maximum Gasteiger partial charge on any atom is 0.327 e. The Bertz CT molecular complexity index is 466. The van der Waals surface area contributed by atoms with Crippen LogP contribution in [-0.2, 0) is 9.53 Å². The number of benzene rings is 1. The van der Waals surface area contributed by atoms with E-state index >= 15 is 0 Å². The van der Waals surface area contributed by atoms with Crippen LogP contribution in [0.5, 0.6) is 0 Å². The predicted octanol–water partition coefficient (Wildman–Crippen LogP) is 3.46. The molecule has 0 fully saturated rings. The SMILES string of the molecule is CCOC(=O)C(NCC(C)C)c1cc(C)c(C)cc1C. The van der Waals surface area contributed by atoms with Gasteiger partial charge in [0.1, 0.15) is 6.04 Å². The lowest BCUT2D eigenvalue weighted by molar-refractivity contribution is -0.145. The number of ether oxygens (including phenoxy) is 1. The quantitative estimate of drug-likeness (QED) is 0.809. The van der Waals surface area contributed by atoms with E-state index in [1.807, 2.05) is 13.8 Å². The largest absolute Gasteiger partial charge is 0.465 e. The van der Waals surface area contributed by atoms with Gasteiger partial charge in [-0.05, 0) is 62.4 Å². The van der Waals surface area contributed by atoms with Crippen molar-refractivity contribution in [3.8, 4) is 0 Å². The van der Waals surface area contributed by atoms with Gasteiger partial charge in [-0.25, -0.2) is 4.79 Å². The molecule has 1 rings (SSSR count). The average molecular weight is 277 g/mol. The zero-order valence-electron chi connectivity index (χ0n) is 13.5. The first-order valence-electron chi connectivity index (χ1n) is 7.34. The van der Waals surface area contributed by atoms with Crippen molar-refractivity contribution in [1.82, 2.24) is 5.32 Å². The molecule has 112 valence electrons. The lowest BCUT2D eigenvalue weighted by atomic mass is 9.95. The van der Waals surface area contributed by atoms with Gasteiger partial charge >= 0.3 is 5.97 Å². The highest BCUT2D eigenvalue weighted by Crippen LogP contribution is 2.23. The Morgan fingerprint density at radius 1 is 1.15 bits per heavy atom. The van der Waals surface area contributed by atoms with Gasteiger partial charge < -0.3 is 10.1 Å². The van der Waals surface area contributed by atoms with Crippen LogP contribution < -0.4 is 5.32 Å². The molecule has 0 spiro atoms. The van der Waals surface area contributed by atoms with Crippen molar-refractivity contribution < 1.29 is 9.53 Å². The van der Waals surface area contributed by atoms with Crippen LogP contribution in [0.2, 0.25) is 0 Å². The minimum Gasteiger partial charge on any atom is -0.465 e. The number of carbonyl (C=O) groups is 1. The van der Waals surface area contributed by atoms with Gasteiger partial charge in [0.25, 0.3) is 0 Å². The standard InChI is InChI=1S/C17H27NO2/c1-7-20-17(19)16(18-10-11(2)3)15-9-13(5)12(4)8-14(15)6/h8-9,11,16,18H,7,10H2,1-6H3. The van der Waals surface area contributed by atoms with Crippen molar-refractivity contribution in [2.45, 2.75) is 47.6 Å². The summed E-state index contributed by atoms with van der Waals surface area (Å²) in [6, 6.07) is 3.85. The number of esters is 1. The molecule has 1 atom stereocenters. The van der Waals surface area contributed by atoms with Crippen LogP contribution >= 0.6 is 0 Å². The molecule has 0 heterocycles. The average Bonchev–Trinajstić information content (AvgIpc) is 2.35. The topological polar surface area (TPSA) is 38.3 Å². The van der Waals surface area contributed by atoms with Gasteiger partial charge in [0.15, 0.2) is 0 Å². The van der Waals surface area contributed by atoms with E-state index in [-0.39, 0.29) is 12.0 Å². The van der Waals surface area contributed by atoms with Crippen molar-refractivity contribution in [2.75, 3.05) is 13.2 Å². The molecule has 0 saturated heterocycles. The van der Waals surface area contributed by atoms with Crippen LogP contribution in [0.15, 0.2) is 12.1 Å². The third kappa shape index (κ3) is 4.34. The number of carbonyl (C=O) groups excluding carboxylic acids is 1. The predicted molar refractivity (Wildman–Crippen MR) is 82.9 cm³/mol. The van der Waals surface area contributed by atoms with Crippen LogP contribution in [0.3, 0.4) is 0 Å².